The zero-order chi connectivity index (χ0) is 31.1. The van der Waals surface area contributed by atoms with Crippen LogP contribution in [0.5, 0.6) is 5.75 Å². The van der Waals surface area contributed by atoms with E-state index in [2.05, 4.69) is 20.3 Å². The first-order valence-electron chi connectivity index (χ1n) is 13.9. The van der Waals surface area contributed by atoms with Crippen LogP contribution in [0.4, 0.5) is 23.8 Å². The minimum absolute atomic E-state index is 0.0106. The highest BCUT2D eigenvalue weighted by Crippen LogP contribution is 2.35. The fourth-order valence-electron chi connectivity index (χ4n) is 5.07. The van der Waals surface area contributed by atoms with E-state index in [1.165, 1.54) is 17.3 Å². The predicted molar refractivity (Wildman–Crippen MR) is 150 cm³/mol. The number of benzene rings is 1. The normalized spacial score (nSPS) is 19.9. The summed E-state index contributed by atoms with van der Waals surface area (Å²) in [4.78, 5) is 39.1. The molecule has 2 amide bonds. The minimum Gasteiger partial charge on any atom is -0.485 e. The van der Waals surface area contributed by atoms with E-state index in [-0.39, 0.29) is 59.8 Å². The largest absolute Gasteiger partial charge is 0.485 e. The van der Waals surface area contributed by atoms with Gasteiger partial charge in [0.25, 0.3) is 5.91 Å². The molecule has 3 heterocycles. The van der Waals surface area contributed by atoms with Crippen LogP contribution in [0.3, 0.4) is 0 Å². The molecule has 11 nitrogen and oxygen atoms in total. The molecule has 1 aliphatic heterocycles. The maximum atomic E-state index is 15.0. The lowest BCUT2D eigenvalue weighted by Crippen LogP contribution is -2.51. The maximum absolute atomic E-state index is 15.0. The van der Waals surface area contributed by atoms with Crippen molar-refractivity contribution in [1.29, 1.82) is 0 Å². The molecule has 1 aromatic carbocycles. The summed E-state index contributed by atoms with van der Waals surface area (Å²) < 4.78 is 55.4. The lowest BCUT2D eigenvalue weighted by molar-refractivity contribution is -0.0677. The molecule has 0 radical (unpaired) electrons. The van der Waals surface area contributed by atoms with Crippen molar-refractivity contribution in [3.8, 4) is 17.0 Å². The molecule has 0 unspecified atom stereocenters. The molecule has 4 N–H and O–H groups in total. The Morgan fingerprint density at radius 3 is 2.44 bits per heavy atom. The Hall–Kier alpha value is -4.20. The van der Waals surface area contributed by atoms with Gasteiger partial charge in [-0.3, -0.25) is 4.79 Å². The van der Waals surface area contributed by atoms with Crippen molar-refractivity contribution in [1.82, 2.24) is 19.9 Å². The Morgan fingerprint density at radius 1 is 1.14 bits per heavy atom. The lowest BCUT2D eigenvalue weighted by Gasteiger charge is -2.36. The summed E-state index contributed by atoms with van der Waals surface area (Å²) in [6.45, 7) is 4.84. The van der Waals surface area contributed by atoms with Gasteiger partial charge in [-0.25, -0.2) is 32.9 Å². The number of likely N-dealkylation sites (tertiary alicyclic amines) is 1. The second-order valence-electron chi connectivity index (χ2n) is 12.0. The third kappa shape index (κ3) is 6.74. The number of nitrogens with one attached hydrogen (secondary N) is 1. The number of piperidine rings is 1. The molecule has 2 aliphatic rings. The first kappa shape index (κ1) is 30.3. The van der Waals surface area contributed by atoms with E-state index in [0.29, 0.717) is 12.8 Å². The van der Waals surface area contributed by atoms with Crippen molar-refractivity contribution < 1.29 is 37.3 Å². The number of primary amides is 1. The number of halogens is 3. The monoisotopic (exact) mass is 602 g/mol. The summed E-state index contributed by atoms with van der Waals surface area (Å²) in [7, 11) is 0. The number of amides is 2. The summed E-state index contributed by atoms with van der Waals surface area (Å²) in [5.41, 5.74) is 3.74. The number of aromatic nitrogens is 3. The smallest absolute Gasteiger partial charge is 0.410 e. The number of nitrogens with two attached hydrogens (primary N) is 1. The Labute approximate surface area is 245 Å². The molecule has 2 atom stereocenters. The highest BCUT2D eigenvalue weighted by molar-refractivity contribution is 6.06. The van der Waals surface area contributed by atoms with Gasteiger partial charge >= 0.3 is 6.09 Å². The number of alkyl halides is 1. The molecule has 1 saturated heterocycles. The topological polar surface area (TPSA) is 153 Å². The average Bonchev–Trinajstić information content (AvgIpc) is 2.89. The van der Waals surface area contributed by atoms with Gasteiger partial charge in [-0.1, -0.05) is 0 Å². The number of hydrogen-bond donors (Lipinski definition) is 3. The van der Waals surface area contributed by atoms with E-state index in [1.807, 2.05) is 0 Å². The number of carbonyl (C=O) groups excluding carboxylic acids is 2. The fourth-order valence-corrected chi connectivity index (χ4v) is 5.07. The van der Waals surface area contributed by atoms with Crippen LogP contribution in [0, 0.1) is 11.6 Å². The first-order valence-corrected chi connectivity index (χ1v) is 13.9. The Morgan fingerprint density at radius 2 is 1.84 bits per heavy atom. The van der Waals surface area contributed by atoms with Crippen molar-refractivity contribution in [2.45, 2.75) is 69.9 Å². The van der Waals surface area contributed by atoms with Crippen LogP contribution in [0.25, 0.3) is 22.3 Å². The summed E-state index contributed by atoms with van der Waals surface area (Å²) in [5.74, 6) is -3.46. The van der Waals surface area contributed by atoms with Gasteiger partial charge in [0.1, 0.15) is 35.7 Å². The standard InChI is InChI=1S/C29H33F3N6O5/c1-28(2,3)43-27(40)38-11-16(30)9-17(12-38)36-26-23-22(34-14-35-26)18(25(33)39)10-21(37-23)15-7-19(31)24(20(32)8-15)42-13-29(41)5-4-6-29/h7-8,10,14,16-17,41H,4-6,9,11-13H2,1-3H3,(H2,33,39)(H,34,35,36)/t16-,17-/m0/s1. The van der Waals surface area contributed by atoms with Gasteiger partial charge in [-0.2, -0.15) is 0 Å². The number of anilines is 1. The second kappa shape index (κ2) is 11.5. The molecule has 14 heteroatoms. The number of carbonyl (C=O) groups is 2. The molecule has 2 fully saturated rings. The zero-order valence-corrected chi connectivity index (χ0v) is 24.0. The third-order valence-corrected chi connectivity index (χ3v) is 7.31. The third-order valence-electron chi connectivity index (χ3n) is 7.31. The number of aliphatic hydroxyl groups is 1. The molecule has 230 valence electrons. The summed E-state index contributed by atoms with van der Waals surface area (Å²) in [5, 5.41) is 13.3. The summed E-state index contributed by atoms with van der Waals surface area (Å²) in [6.07, 6.45) is 0.960. The molecule has 5 rings (SSSR count). The van der Waals surface area contributed by atoms with Crippen LogP contribution in [0.1, 0.15) is 56.8 Å². The molecule has 0 bridgehead atoms. The molecular weight excluding hydrogens is 569 g/mol. The number of fused-ring (bicyclic) bond motifs is 1. The lowest BCUT2D eigenvalue weighted by atomic mass is 9.81. The quantitative estimate of drug-likeness (QED) is 0.363. The van der Waals surface area contributed by atoms with Gasteiger partial charge in [0.15, 0.2) is 23.2 Å². The maximum Gasteiger partial charge on any atom is 0.410 e. The van der Waals surface area contributed by atoms with Gasteiger partial charge in [0.05, 0.1) is 23.4 Å². The number of pyridine rings is 1. The van der Waals surface area contributed by atoms with Crippen LogP contribution in [-0.4, -0.2) is 80.1 Å². The van der Waals surface area contributed by atoms with E-state index in [9.17, 15) is 19.1 Å². The van der Waals surface area contributed by atoms with Crippen LogP contribution in [-0.2, 0) is 4.74 Å². The van der Waals surface area contributed by atoms with Crippen LogP contribution >= 0.6 is 0 Å². The Balaban J connectivity index is 1.46. The van der Waals surface area contributed by atoms with Crippen molar-refractivity contribution >= 4 is 28.9 Å². The molecule has 1 aliphatic carbocycles. The Kier molecular flexibility index (Phi) is 8.07. The van der Waals surface area contributed by atoms with E-state index >= 15 is 8.78 Å². The van der Waals surface area contributed by atoms with Gasteiger partial charge in [0, 0.05) is 24.6 Å². The van der Waals surface area contributed by atoms with Crippen molar-refractivity contribution in [3.63, 3.8) is 0 Å². The minimum atomic E-state index is -1.35. The van der Waals surface area contributed by atoms with E-state index in [0.717, 1.165) is 18.6 Å². The molecule has 1 saturated carbocycles. The highest BCUT2D eigenvalue weighted by atomic mass is 19.1. The van der Waals surface area contributed by atoms with Crippen molar-refractivity contribution in [2.24, 2.45) is 5.73 Å². The van der Waals surface area contributed by atoms with Crippen molar-refractivity contribution in [2.75, 3.05) is 25.0 Å². The highest BCUT2D eigenvalue weighted by Gasteiger charge is 2.36. The molecule has 3 aromatic rings. The van der Waals surface area contributed by atoms with E-state index in [1.54, 1.807) is 20.8 Å². The van der Waals surface area contributed by atoms with Crippen molar-refractivity contribution in [3.05, 3.63) is 41.7 Å². The van der Waals surface area contributed by atoms with Gasteiger partial charge in [-0.05, 0) is 58.2 Å². The molecule has 0 spiro atoms. The predicted octanol–water partition coefficient (Wildman–Crippen LogP) is 4.12. The second-order valence-corrected chi connectivity index (χ2v) is 12.0. The number of nitrogens with zero attached hydrogens (tertiary/aromatic N) is 4. The molecular formula is C29H33F3N6O5. The van der Waals surface area contributed by atoms with Gasteiger partial charge in [0.2, 0.25) is 0 Å². The van der Waals surface area contributed by atoms with E-state index < -0.39 is 52.8 Å². The van der Waals surface area contributed by atoms with Crippen LogP contribution in [0.2, 0.25) is 0 Å². The SMILES string of the molecule is CC(C)(C)OC(=O)N1C[C@@H](F)C[C@H](Nc2ncnc3c(C(N)=O)cc(-c4cc(F)c(OCC5(O)CCC5)c(F)c4)nc23)C1. The zero-order valence-electron chi connectivity index (χ0n) is 24.0. The number of ether oxygens (including phenoxy) is 2. The number of hydrogen-bond acceptors (Lipinski definition) is 9. The Bertz CT molecular complexity index is 1540. The summed E-state index contributed by atoms with van der Waals surface area (Å²) >= 11 is 0. The molecule has 2 aromatic heterocycles. The number of rotatable bonds is 7. The average molecular weight is 603 g/mol. The van der Waals surface area contributed by atoms with Crippen LogP contribution in [0.15, 0.2) is 24.5 Å². The fraction of sp³-hybridized carbons (Fsp3) is 0.483. The van der Waals surface area contributed by atoms with E-state index in [4.69, 9.17) is 15.2 Å². The summed E-state index contributed by atoms with van der Waals surface area (Å²) in [6, 6.07) is 2.63. The molecule has 43 heavy (non-hydrogen) atoms. The van der Waals surface area contributed by atoms with Crippen LogP contribution < -0.4 is 15.8 Å². The van der Waals surface area contributed by atoms with Gasteiger partial charge in [-0.15, -0.1) is 0 Å². The first-order chi connectivity index (χ1) is 20.2. The van der Waals surface area contributed by atoms with Gasteiger partial charge < -0.3 is 30.5 Å².